The first-order chi connectivity index (χ1) is 10.6. The number of likely N-dealkylation sites (tertiary alicyclic amines) is 1. The van der Waals surface area contributed by atoms with Crippen LogP contribution in [-0.4, -0.2) is 43.2 Å². The predicted molar refractivity (Wildman–Crippen MR) is 83.5 cm³/mol. The molecule has 1 fully saturated rings. The summed E-state index contributed by atoms with van der Waals surface area (Å²) in [6, 6.07) is 2.16. The van der Waals surface area contributed by atoms with Crippen LogP contribution in [0.2, 0.25) is 0 Å². The number of hydrogen-bond acceptors (Lipinski definition) is 3. The number of aromatic nitrogens is 4. The van der Waals surface area contributed by atoms with Crippen molar-refractivity contribution in [3.8, 4) is 0 Å². The lowest BCUT2D eigenvalue weighted by Gasteiger charge is -2.35. The van der Waals surface area contributed by atoms with Crippen LogP contribution in [0.5, 0.6) is 0 Å². The van der Waals surface area contributed by atoms with E-state index in [-0.39, 0.29) is 18.0 Å². The number of carbonyl (C=O) groups excluding carboxylic acids is 1. The van der Waals surface area contributed by atoms with Gasteiger partial charge in [-0.05, 0) is 39.7 Å². The molecule has 0 aliphatic carbocycles. The topological polar surface area (TPSA) is 56.0 Å². The maximum absolute atomic E-state index is 12.7. The summed E-state index contributed by atoms with van der Waals surface area (Å²) in [4.78, 5) is 18.7. The number of imidazole rings is 1. The Kier molecular flexibility index (Phi) is 4.00. The van der Waals surface area contributed by atoms with Gasteiger partial charge in [0.05, 0.1) is 18.1 Å². The van der Waals surface area contributed by atoms with Crippen LogP contribution in [-0.2, 0) is 4.79 Å². The first-order valence-electron chi connectivity index (χ1n) is 7.85. The molecule has 1 saturated heterocycles. The maximum Gasteiger partial charge on any atom is 0.245 e. The molecule has 0 saturated carbocycles. The number of hydrogen-bond donors (Lipinski definition) is 0. The summed E-state index contributed by atoms with van der Waals surface area (Å²) in [7, 11) is 0. The van der Waals surface area contributed by atoms with Crippen LogP contribution in [0.4, 0.5) is 0 Å². The van der Waals surface area contributed by atoms with Gasteiger partial charge in [0.2, 0.25) is 5.91 Å². The van der Waals surface area contributed by atoms with E-state index in [1.807, 2.05) is 29.5 Å². The first-order valence-corrected chi connectivity index (χ1v) is 7.85. The van der Waals surface area contributed by atoms with Crippen molar-refractivity contribution in [2.75, 3.05) is 13.1 Å². The molecular weight excluding hydrogens is 278 g/mol. The second-order valence-corrected chi connectivity index (χ2v) is 6.14. The van der Waals surface area contributed by atoms with Crippen molar-refractivity contribution < 1.29 is 4.79 Å². The van der Waals surface area contributed by atoms with E-state index in [2.05, 4.69) is 27.8 Å². The van der Waals surface area contributed by atoms with Gasteiger partial charge in [0.15, 0.2) is 0 Å². The molecule has 0 aromatic carbocycles. The molecule has 118 valence electrons. The Morgan fingerprint density at radius 2 is 2.23 bits per heavy atom. The summed E-state index contributed by atoms with van der Waals surface area (Å²) in [6.45, 7) is 7.58. The predicted octanol–water partition coefficient (Wildman–Crippen LogP) is 2.12. The van der Waals surface area contributed by atoms with Gasteiger partial charge in [0.1, 0.15) is 6.04 Å². The second kappa shape index (κ2) is 5.94. The summed E-state index contributed by atoms with van der Waals surface area (Å²) >= 11 is 0. The number of aryl methyl sites for hydroxylation is 2. The zero-order chi connectivity index (χ0) is 15.7. The van der Waals surface area contributed by atoms with Crippen molar-refractivity contribution in [3.05, 3.63) is 36.2 Å². The van der Waals surface area contributed by atoms with Gasteiger partial charge >= 0.3 is 0 Å². The highest BCUT2D eigenvalue weighted by Crippen LogP contribution is 2.24. The van der Waals surface area contributed by atoms with Crippen LogP contribution >= 0.6 is 0 Å². The van der Waals surface area contributed by atoms with Crippen molar-refractivity contribution >= 4 is 5.91 Å². The van der Waals surface area contributed by atoms with Gasteiger partial charge < -0.3 is 9.47 Å². The molecule has 0 unspecified atom stereocenters. The molecule has 6 nitrogen and oxygen atoms in total. The summed E-state index contributed by atoms with van der Waals surface area (Å²) in [5.74, 6) is 0.157. The molecule has 3 heterocycles. The van der Waals surface area contributed by atoms with E-state index < -0.39 is 0 Å². The quantitative estimate of drug-likeness (QED) is 0.872. The van der Waals surface area contributed by atoms with Crippen LogP contribution in [0.1, 0.15) is 43.2 Å². The van der Waals surface area contributed by atoms with Crippen molar-refractivity contribution in [2.45, 2.75) is 45.7 Å². The number of carbonyl (C=O) groups is 1. The Morgan fingerprint density at radius 3 is 2.86 bits per heavy atom. The highest BCUT2D eigenvalue weighted by atomic mass is 16.2. The number of rotatable bonds is 3. The van der Waals surface area contributed by atoms with Gasteiger partial charge in [-0.1, -0.05) is 0 Å². The van der Waals surface area contributed by atoms with E-state index in [4.69, 9.17) is 0 Å². The smallest absolute Gasteiger partial charge is 0.245 e. The fourth-order valence-corrected chi connectivity index (χ4v) is 3.26. The molecule has 2 atom stereocenters. The third-order valence-electron chi connectivity index (χ3n) is 4.43. The normalized spacial score (nSPS) is 20.1. The highest BCUT2D eigenvalue weighted by Gasteiger charge is 2.29. The monoisotopic (exact) mass is 301 g/mol. The molecule has 0 radical (unpaired) electrons. The van der Waals surface area contributed by atoms with Crippen molar-refractivity contribution in [2.24, 2.45) is 0 Å². The van der Waals surface area contributed by atoms with Gasteiger partial charge in [-0.25, -0.2) is 4.98 Å². The van der Waals surface area contributed by atoms with Crippen LogP contribution < -0.4 is 0 Å². The number of piperidine rings is 1. The summed E-state index contributed by atoms with van der Waals surface area (Å²) in [5, 5.41) is 4.59. The largest absolute Gasteiger partial charge is 0.339 e. The van der Waals surface area contributed by atoms with E-state index in [1.165, 1.54) is 5.69 Å². The average molecular weight is 301 g/mol. The third-order valence-corrected chi connectivity index (χ3v) is 4.43. The Bertz CT molecular complexity index is 646. The van der Waals surface area contributed by atoms with Crippen molar-refractivity contribution in [1.29, 1.82) is 0 Å². The average Bonchev–Trinajstić information content (AvgIpc) is 3.15. The molecule has 0 spiro atoms. The van der Waals surface area contributed by atoms with Crippen LogP contribution in [0.3, 0.4) is 0 Å². The molecule has 0 bridgehead atoms. The van der Waals surface area contributed by atoms with Gasteiger partial charge in [-0.15, -0.1) is 0 Å². The van der Waals surface area contributed by atoms with E-state index in [1.54, 1.807) is 12.5 Å². The molecule has 1 aliphatic rings. The minimum atomic E-state index is -0.207. The minimum absolute atomic E-state index is 0.157. The van der Waals surface area contributed by atoms with Crippen LogP contribution in [0.25, 0.3) is 0 Å². The minimum Gasteiger partial charge on any atom is -0.339 e. The molecule has 0 N–H and O–H groups in total. The van der Waals surface area contributed by atoms with Gasteiger partial charge in [0, 0.05) is 31.2 Å². The Labute approximate surface area is 130 Å². The number of nitrogens with zero attached hydrogens (tertiary/aromatic N) is 5. The van der Waals surface area contributed by atoms with Gasteiger partial charge in [-0.2, -0.15) is 5.10 Å². The van der Waals surface area contributed by atoms with E-state index in [0.29, 0.717) is 0 Å². The summed E-state index contributed by atoms with van der Waals surface area (Å²) in [6.07, 6.45) is 7.34. The number of amides is 1. The third kappa shape index (κ3) is 2.77. The standard InChI is InChI=1S/C16H23N5O/c1-12-9-13(2)21(18-12)15-5-4-7-19(10-15)16(22)14(3)20-8-6-17-11-20/h6,8-9,11,14-15H,4-5,7,10H2,1-3H3/t14-,15-/m1/s1. The van der Waals surface area contributed by atoms with Crippen molar-refractivity contribution in [1.82, 2.24) is 24.2 Å². The zero-order valence-electron chi connectivity index (χ0n) is 13.4. The van der Waals surface area contributed by atoms with Crippen molar-refractivity contribution in [3.63, 3.8) is 0 Å². The fourth-order valence-electron chi connectivity index (χ4n) is 3.26. The van der Waals surface area contributed by atoms with E-state index in [9.17, 15) is 4.79 Å². The summed E-state index contributed by atoms with van der Waals surface area (Å²) in [5.41, 5.74) is 2.20. The molecule has 1 amide bonds. The molecule has 1 aliphatic heterocycles. The Balaban J connectivity index is 1.73. The maximum atomic E-state index is 12.7. The SMILES string of the molecule is Cc1cc(C)n([C@@H]2CCCN(C(=O)[C@@H](C)n3ccnc3)C2)n1. The molecule has 2 aromatic rings. The molecule has 2 aromatic heterocycles. The van der Waals surface area contributed by atoms with E-state index in [0.717, 1.165) is 31.6 Å². The molecule has 3 rings (SSSR count). The fraction of sp³-hybridized carbons (Fsp3) is 0.562. The summed E-state index contributed by atoms with van der Waals surface area (Å²) < 4.78 is 3.94. The highest BCUT2D eigenvalue weighted by molar-refractivity contribution is 5.80. The Morgan fingerprint density at radius 1 is 1.41 bits per heavy atom. The lowest BCUT2D eigenvalue weighted by Crippen LogP contribution is -2.43. The second-order valence-electron chi connectivity index (χ2n) is 6.14. The lowest BCUT2D eigenvalue weighted by molar-refractivity contribution is -0.136. The molecule has 6 heteroatoms. The first kappa shape index (κ1) is 14.8. The van der Waals surface area contributed by atoms with Gasteiger partial charge in [-0.3, -0.25) is 9.48 Å². The Hall–Kier alpha value is -2.11. The lowest BCUT2D eigenvalue weighted by atomic mass is 10.0. The molecular formula is C16H23N5O. The zero-order valence-corrected chi connectivity index (χ0v) is 13.4. The molecule has 22 heavy (non-hydrogen) atoms. The van der Waals surface area contributed by atoms with Gasteiger partial charge in [0.25, 0.3) is 0 Å². The van der Waals surface area contributed by atoms with E-state index >= 15 is 0 Å². The van der Waals surface area contributed by atoms with Crippen LogP contribution in [0.15, 0.2) is 24.8 Å². The van der Waals surface area contributed by atoms with Crippen LogP contribution in [0, 0.1) is 13.8 Å².